The lowest BCUT2D eigenvalue weighted by molar-refractivity contribution is 1.46. The first-order valence-electron chi connectivity index (χ1n) is 6.09. The van der Waals surface area contributed by atoms with Crippen molar-refractivity contribution in [3.05, 3.63) is 42.0 Å². The van der Waals surface area contributed by atoms with E-state index in [4.69, 9.17) is 0 Å². The maximum atomic E-state index is 3.45. The normalized spacial score (nSPS) is 11.1. The molecule has 0 aliphatic carbocycles. The van der Waals surface area contributed by atoms with E-state index in [0.717, 1.165) is 0 Å². The second-order valence-corrected chi connectivity index (χ2v) is 11.0. The Kier molecular flexibility index (Phi) is 3.84. The number of hydrogen-bond acceptors (Lipinski definition) is 1. The lowest BCUT2D eigenvalue weighted by Crippen LogP contribution is -2.16. The third-order valence-corrected chi connectivity index (χ3v) is 4.29. The van der Waals surface area contributed by atoms with Crippen molar-refractivity contribution in [2.24, 2.45) is 0 Å². The van der Waals surface area contributed by atoms with Crippen LogP contribution in [0, 0.1) is 11.5 Å². The Morgan fingerprint density at radius 1 is 1.00 bits per heavy atom. The van der Waals surface area contributed by atoms with E-state index in [1.165, 1.54) is 21.2 Å². The Morgan fingerprint density at radius 2 is 1.61 bits per heavy atom. The molecule has 18 heavy (non-hydrogen) atoms. The molecule has 2 aromatic rings. The lowest BCUT2D eigenvalue weighted by Gasteiger charge is -2.07. The molecule has 2 rings (SSSR count). The Balaban J connectivity index is 2.57. The van der Waals surface area contributed by atoms with Gasteiger partial charge in [0.2, 0.25) is 0 Å². The molecule has 0 saturated heterocycles. The Bertz CT molecular complexity index is 627. The molecule has 0 N–H and O–H groups in total. The van der Waals surface area contributed by atoms with Gasteiger partial charge in [0.15, 0.2) is 0 Å². The molecule has 0 heterocycles. The quantitative estimate of drug-likeness (QED) is 0.408. The van der Waals surface area contributed by atoms with E-state index in [1.54, 1.807) is 11.8 Å². The largest absolute Gasteiger partial charge is 0.129 e. The smallest absolute Gasteiger partial charge is 0.128 e. The highest BCUT2D eigenvalue weighted by Crippen LogP contribution is 2.26. The Hall–Kier alpha value is -1.17. The Morgan fingerprint density at radius 3 is 2.17 bits per heavy atom. The number of hydrogen-bond donors (Lipinski definition) is 0. The highest BCUT2D eigenvalue weighted by molar-refractivity contribution is 7.98. The van der Waals surface area contributed by atoms with E-state index in [-0.39, 0.29) is 0 Å². The van der Waals surface area contributed by atoms with Gasteiger partial charge in [0.1, 0.15) is 8.07 Å². The van der Waals surface area contributed by atoms with Crippen LogP contribution in [0.5, 0.6) is 0 Å². The molecule has 0 bridgehead atoms. The SMILES string of the molecule is CSc1cc2ccccc2cc1C#C[Si](C)(C)C. The summed E-state index contributed by atoms with van der Waals surface area (Å²) >= 11 is 1.77. The van der Waals surface area contributed by atoms with E-state index in [0.29, 0.717) is 0 Å². The van der Waals surface area contributed by atoms with Crippen molar-refractivity contribution in [2.45, 2.75) is 24.5 Å². The Labute approximate surface area is 115 Å². The van der Waals surface area contributed by atoms with E-state index in [1.807, 2.05) is 0 Å². The summed E-state index contributed by atoms with van der Waals surface area (Å²) in [6.07, 6.45) is 2.11. The van der Waals surface area contributed by atoms with E-state index in [9.17, 15) is 0 Å². The second-order valence-electron chi connectivity index (χ2n) is 5.40. The predicted molar refractivity (Wildman–Crippen MR) is 86.0 cm³/mol. The summed E-state index contributed by atoms with van der Waals surface area (Å²) in [5.74, 6) is 3.39. The molecule has 0 aromatic heterocycles. The fourth-order valence-electron chi connectivity index (χ4n) is 1.74. The molecule has 0 radical (unpaired) electrons. The summed E-state index contributed by atoms with van der Waals surface area (Å²) in [5, 5.41) is 2.57. The number of thioether (sulfide) groups is 1. The zero-order valence-corrected chi connectivity index (χ0v) is 13.2. The van der Waals surface area contributed by atoms with Crippen LogP contribution in [-0.4, -0.2) is 14.3 Å². The monoisotopic (exact) mass is 270 g/mol. The van der Waals surface area contributed by atoms with Crippen LogP contribution in [-0.2, 0) is 0 Å². The topological polar surface area (TPSA) is 0 Å². The minimum atomic E-state index is -1.31. The zero-order valence-electron chi connectivity index (χ0n) is 11.4. The van der Waals surface area contributed by atoms with Gasteiger partial charge in [0.25, 0.3) is 0 Å². The van der Waals surface area contributed by atoms with E-state index >= 15 is 0 Å². The van der Waals surface area contributed by atoms with Gasteiger partial charge >= 0.3 is 0 Å². The number of rotatable bonds is 1. The molecule has 0 spiro atoms. The molecule has 0 atom stereocenters. The molecule has 0 amide bonds. The van der Waals surface area contributed by atoms with Crippen LogP contribution in [0.15, 0.2) is 41.3 Å². The first kappa shape index (κ1) is 13.3. The first-order chi connectivity index (χ1) is 8.49. The van der Waals surface area contributed by atoms with E-state index < -0.39 is 8.07 Å². The van der Waals surface area contributed by atoms with Crippen molar-refractivity contribution in [2.75, 3.05) is 6.26 Å². The summed E-state index contributed by atoms with van der Waals surface area (Å²) in [6, 6.07) is 12.9. The van der Waals surface area contributed by atoms with Crippen LogP contribution in [0.3, 0.4) is 0 Å². The van der Waals surface area contributed by atoms with Gasteiger partial charge in [0.05, 0.1) is 0 Å². The van der Waals surface area contributed by atoms with Gasteiger partial charge in [-0.25, -0.2) is 0 Å². The van der Waals surface area contributed by atoms with Crippen LogP contribution in [0.2, 0.25) is 19.6 Å². The van der Waals surface area contributed by atoms with Gasteiger partial charge in [-0.05, 0) is 29.2 Å². The molecule has 92 valence electrons. The fraction of sp³-hybridized carbons (Fsp3) is 0.250. The van der Waals surface area contributed by atoms with Crippen LogP contribution >= 0.6 is 11.8 Å². The van der Waals surface area contributed by atoms with Crippen molar-refractivity contribution >= 4 is 30.6 Å². The fourth-order valence-corrected chi connectivity index (χ4v) is 2.83. The summed E-state index contributed by atoms with van der Waals surface area (Å²) in [7, 11) is -1.31. The second kappa shape index (κ2) is 5.22. The summed E-state index contributed by atoms with van der Waals surface area (Å²) in [4.78, 5) is 1.28. The third-order valence-electron chi connectivity index (χ3n) is 2.64. The van der Waals surface area contributed by atoms with Crippen LogP contribution < -0.4 is 0 Å². The third kappa shape index (κ3) is 3.19. The highest BCUT2D eigenvalue weighted by atomic mass is 32.2. The standard InChI is InChI=1S/C16H18SSi/c1-17-16-12-14-8-6-5-7-13(14)11-15(16)9-10-18(2,3)4/h5-8,11-12H,1-4H3. The molecule has 2 aromatic carbocycles. The van der Waals surface area contributed by atoms with E-state index in [2.05, 4.69) is 73.8 Å². The molecular weight excluding hydrogens is 252 g/mol. The molecule has 0 aliphatic rings. The first-order valence-corrected chi connectivity index (χ1v) is 10.8. The molecule has 0 fully saturated rings. The van der Waals surface area contributed by atoms with Crippen molar-refractivity contribution in [1.82, 2.24) is 0 Å². The van der Waals surface area contributed by atoms with Gasteiger partial charge in [-0.2, -0.15) is 0 Å². The van der Waals surface area contributed by atoms with Gasteiger partial charge < -0.3 is 0 Å². The zero-order chi connectivity index (χ0) is 13.2. The van der Waals surface area contributed by atoms with Crippen LogP contribution in [0.4, 0.5) is 0 Å². The number of benzene rings is 2. The molecule has 0 saturated carbocycles. The van der Waals surface area contributed by atoms with Gasteiger partial charge in [-0.3, -0.25) is 0 Å². The molecule has 0 nitrogen and oxygen atoms in total. The molecule has 2 heteroatoms. The van der Waals surface area contributed by atoms with Crippen LogP contribution in [0.1, 0.15) is 5.56 Å². The van der Waals surface area contributed by atoms with Crippen molar-refractivity contribution in [1.29, 1.82) is 0 Å². The highest BCUT2D eigenvalue weighted by Gasteiger charge is 2.08. The predicted octanol–water partition coefficient (Wildman–Crippen LogP) is 4.79. The molecule has 0 unspecified atom stereocenters. The summed E-state index contributed by atoms with van der Waals surface area (Å²) in [6.45, 7) is 6.83. The van der Waals surface area contributed by atoms with Crippen LogP contribution in [0.25, 0.3) is 10.8 Å². The van der Waals surface area contributed by atoms with Gasteiger partial charge in [-0.15, -0.1) is 17.3 Å². The van der Waals surface area contributed by atoms with Gasteiger partial charge in [-0.1, -0.05) is 49.8 Å². The molecule has 0 aliphatic heterocycles. The van der Waals surface area contributed by atoms with Crippen molar-refractivity contribution in [3.8, 4) is 11.5 Å². The summed E-state index contributed by atoms with van der Waals surface area (Å²) in [5.41, 5.74) is 4.62. The average Bonchev–Trinajstić information content (AvgIpc) is 2.34. The van der Waals surface area contributed by atoms with Crippen molar-refractivity contribution < 1.29 is 0 Å². The maximum absolute atomic E-state index is 3.45. The number of fused-ring (bicyclic) bond motifs is 1. The lowest BCUT2D eigenvalue weighted by atomic mass is 10.1. The van der Waals surface area contributed by atoms with Crippen molar-refractivity contribution in [3.63, 3.8) is 0 Å². The van der Waals surface area contributed by atoms with Gasteiger partial charge in [0, 0.05) is 10.5 Å². The minimum absolute atomic E-state index is 1.17. The summed E-state index contributed by atoms with van der Waals surface area (Å²) < 4.78 is 0. The average molecular weight is 270 g/mol. The molecular formula is C16H18SSi. The minimum Gasteiger partial charge on any atom is -0.128 e. The maximum Gasteiger partial charge on any atom is 0.129 e.